The number of allylic oxidation sites excluding steroid dienone is 2. The minimum atomic E-state index is 0.0855. The van der Waals surface area contributed by atoms with Crippen LogP contribution in [0.25, 0.3) is 16.6 Å². The van der Waals surface area contributed by atoms with Crippen molar-refractivity contribution in [1.82, 2.24) is 19.8 Å². The van der Waals surface area contributed by atoms with Crippen LogP contribution < -0.4 is 4.74 Å². The third kappa shape index (κ3) is 6.39. The van der Waals surface area contributed by atoms with Gasteiger partial charge in [0, 0.05) is 72.4 Å². The number of amides is 1. The van der Waals surface area contributed by atoms with Gasteiger partial charge in [0.25, 0.3) is 0 Å². The second-order valence-electron chi connectivity index (χ2n) is 8.39. The molecule has 0 aliphatic heterocycles. The molecule has 2 aromatic heterocycles. The molecular formula is C28H33ClN4O2S. The zero-order chi connectivity index (χ0) is 26.2. The van der Waals surface area contributed by atoms with Gasteiger partial charge in [0.05, 0.1) is 10.8 Å². The lowest BCUT2D eigenvalue weighted by Gasteiger charge is -2.20. The van der Waals surface area contributed by atoms with Gasteiger partial charge < -0.3 is 14.5 Å². The summed E-state index contributed by atoms with van der Waals surface area (Å²) in [5, 5.41) is 1.49. The molecule has 3 rings (SSSR count). The Hall–Kier alpha value is -3.03. The monoisotopic (exact) mass is 524 g/mol. The fourth-order valence-electron chi connectivity index (χ4n) is 3.94. The van der Waals surface area contributed by atoms with E-state index in [9.17, 15) is 4.79 Å². The quantitative estimate of drug-likeness (QED) is 0.219. The summed E-state index contributed by atoms with van der Waals surface area (Å²) in [7, 11) is 4.01. The van der Waals surface area contributed by atoms with Crippen molar-refractivity contribution in [2.75, 3.05) is 32.9 Å². The maximum atomic E-state index is 12.5. The molecule has 36 heavy (non-hydrogen) atoms. The molecule has 1 aromatic carbocycles. The van der Waals surface area contributed by atoms with Crippen molar-refractivity contribution in [3.63, 3.8) is 0 Å². The summed E-state index contributed by atoms with van der Waals surface area (Å²) >= 11 is 7.95. The lowest BCUT2D eigenvalue weighted by molar-refractivity contribution is -0.127. The number of aryl methyl sites for hydroxylation is 1. The maximum absolute atomic E-state index is 12.5. The Morgan fingerprint density at radius 2 is 1.97 bits per heavy atom. The Morgan fingerprint density at radius 3 is 2.64 bits per heavy atom. The second kappa shape index (κ2) is 12.8. The molecule has 8 heteroatoms. The SMILES string of the molecule is C=C/C=C(/c1cc(C)nc2c(OCc3c(Cl)cncc3SCC(=O)N(CC)CC)cccc12)N(C)C. The van der Waals surface area contributed by atoms with Crippen LogP contribution in [0.15, 0.2) is 60.3 Å². The van der Waals surface area contributed by atoms with Gasteiger partial charge in [0.15, 0.2) is 0 Å². The molecule has 0 saturated heterocycles. The number of nitrogens with zero attached hydrogens (tertiary/aromatic N) is 4. The van der Waals surface area contributed by atoms with Gasteiger partial charge in [0.2, 0.25) is 5.91 Å². The van der Waals surface area contributed by atoms with E-state index in [1.165, 1.54) is 11.8 Å². The van der Waals surface area contributed by atoms with Crippen LogP contribution in [0.4, 0.5) is 0 Å². The average molecular weight is 525 g/mol. The molecule has 0 saturated carbocycles. The van der Waals surface area contributed by atoms with Gasteiger partial charge in [-0.3, -0.25) is 9.78 Å². The molecule has 3 aromatic rings. The van der Waals surface area contributed by atoms with Crippen molar-refractivity contribution in [1.29, 1.82) is 0 Å². The Balaban J connectivity index is 1.92. The van der Waals surface area contributed by atoms with Crippen molar-refractivity contribution in [3.05, 3.63) is 77.2 Å². The van der Waals surface area contributed by atoms with Crippen LogP contribution in [0.2, 0.25) is 5.02 Å². The van der Waals surface area contributed by atoms with Gasteiger partial charge in [-0.25, -0.2) is 4.98 Å². The summed E-state index contributed by atoms with van der Waals surface area (Å²) in [5.41, 5.74) is 4.56. The van der Waals surface area contributed by atoms with Crippen LogP contribution in [-0.4, -0.2) is 58.6 Å². The van der Waals surface area contributed by atoms with Crippen LogP contribution >= 0.6 is 23.4 Å². The Kier molecular flexibility index (Phi) is 9.79. The fraction of sp³-hybridized carbons (Fsp3) is 0.321. The van der Waals surface area contributed by atoms with E-state index in [2.05, 4.69) is 22.5 Å². The summed E-state index contributed by atoms with van der Waals surface area (Å²) in [6.07, 6.45) is 7.11. The standard InChI is InChI=1S/C28H33ClN4O2S/c1-7-11-24(32(5)6)21-14-19(4)31-28-20(21)12-10-13-25(28)35-17-22-23(29)15-30-16-26(22)36-18-27(34)33(8-2)9-3/h7,10-16H,1,8-9,17-18H2,2-6H3/b24-11-. The number of hydrogen-bond acceptors (Lipinski definition) is 6. The molecule has 0 spiro atoms. The highest BCUT2D eigenvalue weighted by molar-refractivity contribution is 8.00. The first kappa shape index (κ1) is 27.6. The van der Waals surface area contributed by atoms with E-state index in [1.54, 1.807) is 18.5 Å². The van der Waals surface area contributed by atoms with E-state index in [0.29, 0.717) is 29.6 Å². The first-order valence-corrected chi connectivity index (χ1v) is 13.2. The van der Waals surface area contributed by atoms with Crippen LogP contribution in [0, 0.1) is 6.92 Å². The number of hydrogen-bond donors (Lipinski definition) is 0. The first-order valence-electron chi connectivity index (χ1n) is 11.9. The smallest absolute Gasteiger partial charge is 0.232 e. The second-order valence-corrected chi connectivity index (χ2v) is 9.81. The molecule has 0 unspecified atom stereocenters. The van der Waals surface area contributed by atoms with Crippen LogP contribution in [0.5, 0.6) is 5.75 Å². The summed E-state index contributed by atoms with van der Waals surface area (Å²) in [5.74, 6) is 1.07. The number of ether oxygens (including phenoxy) is 1. The molecule has 190 valence electrons. The predicted octanol–water partition coefficient (Wildman–Crippen LogP) is 6.22. The Bertz CT molecular complexity index is 1270. The zero-order valence-electron chi connectivity index (χ0n) is 21.5. The number of thioether (sulfide) groups is 1. The van der Waals surface area contributed by atoms with E-state index in [1.807, 2.05) is 64.0 Å². The Labute approximate surface area is 223 Å². The molecule has 0 bridgehead atoms. The molecule has 6 nitrogen and oxygen atoms in total. The maximum Gasteiger partial charge on any atom is 0.232 e. The van der Waals surface area contributed by atoms with Crippen molar-refractivity contribution >= 4 is 45.9 Å². The number of fused-ring (bicyclic) bond motifs is 1. The Morgan fingerprint density at radius 1 is 1.22 bits per heavy atom. The summed E-state index contributed by atoms with van der Waals surface area (Å²) < 4.78 is 6.30. The number of rotatable bonds is 11. The average Bonchev–Trinajstić information content (AvgIpc) is 2.85. The summed E-state index contributed by atoms with van der Waals surface area (Å²) in [6.45, 7) is 11.4. The first-order chi connectivity index (χ1) is 17.3. The van der Waals surface area contributed by atoms with Crippen molar-refractivity contribution < 1.29 is 9.53 Å². The van der Waals surface area contributed by atoms with E-state index in [0.717, 1.165) is 38.3 Å². The topological polar surface area (TPSA) is 58.6 Å². The number of para-hydroxylation sites is 1. The van der Waals surface area contributed by atoms with E-state index >= 15 is 0 Å². The zero-order valence-corrected chi connectivity index (χ0v) is 23.1. The van der Waals surface area contributed by atoms with E-state index in [4.69, 9.17) is 21.3 Å². The molecule has 0 aliphatic carbocycles. The molecule has 0 fully saturated rings. The highest BCUT2D eigenvalue weighted by atomic mass is 35.5. The van der Waals surface area contributed by atoms with Crippen molar-refractivity contribution in [2.24, 2.45) is 0 Å². The lowest BCUT2D eigenvalue weighted by atomic mass is 10.0. The van der Waals surface area contributed by atoms with E-state index in [-0.39, 0.29) is 12.5 Å². The van der Waals surface area contributed by atoms with Crippen LogP contribution in [0.3, 0.4) is 0 Å². The number of benzene rings is 1. The van der Waals surface area contributed by atoms with E-state index < -0.39 is 0 Å². The molecular weight excluding hydrogens is 492 g/mol. The fourth-order valence-corrected chi connectivity index (χ4v) is 5.14. The van der Waals surface area contributed by atoms with Gasteiger partial charge in [-0.1, -0.05) is 36.4 Å². The molecule has 0 N–H and O–H groups in total. The van der Waals surface area contributed by atoms with Crippen molar-refractivity contribution in [2.45, 2.75) is 32.3 Å². The van der Waals surface area contributed by atoms with Gasteiger partial charge >= 0.3 is 0 Å². The van der Waals surface area contributed by atoms with Gasteiger partial charge in [0.1, 0.15) is 17.9 Å². The largest absolute Gasteiger partial charge is 0.487 e. The number of halogens is 1. The number of pyridine rings is 2. The minimum absolute atomic E-state index is 0.0855. The van der Waals surface area contributed by atoms with Crippen molar-refractivity contribution in [3.8, 4) is 5.75 Å². The normalized spacial score (nSPS) is 11.4. The van der Waals surface area contributed by atoms with Gasteiger partial charge in [-0.05, 0) is 39.0 Å². The number of carbonyl (C=O) groups excluding carboxylic acids is 1. The molecule has 0 radical (unpaired) electrons. The summed E-state index contributed by atoms with van der Waals surface area (Å²) in [6, 6.07) is 8.00. The molecule has 1 amide bonds. The summed E-state index contributed by atoms with van der Waals surface area (Å²) in [4.78, 5) is 26.2. The highest BCUT2D eigenvalue weighted by Crippen LogP contribution is 2.34. The number of carbonyl (C=O) groups is 1. The lowest BCUT2D eigenvalue weighted by Crippen LogP contribution is -2.31. The van der Waals surface area contributed by atoms with Crippen LogP contribution in [0.1, 0.15) is 30.7 Å². The molecule has 2 heterocycles. The van der Waals surface area contributed by atoms with Gasteiger partial charge in [-0.15, -0.1) is 11.8 Å². The number of aromatic nitrogens is 2. The third-order valence-corrected chi connectivity index (χ3v) is 7.15. The van der Waals surface area contributed by atoms with Crippen LogP contribution in [-0.2, 0) is 11.4 Å². The molecule has 0 aliphatic rings. The third-order valence-electron chi connectivity index (χ3n) is 5.77. The van der Waals surface area contributed by atoms with Gasteiger partial charge in [-0.2, -0.15) is 0 Å². The molecule has 0 atom stereocenters. The predicted molar refractivity (Wildman–Crippen MR) is 151 cm³/mol. The minimum Gasteiger partial charge on any atom is -0.487 e. The highest BCUT2D eigenvalue weighted by Gasteiger charge is 2.17.